The number of rotatable bonds is 3. The summed E-state index contributed by atoms with van der Waals surface area (Å²) < 4.78 is 0.783. The molecule has 0 aliphatic carbocycles. The fraction of sp³-hybridized carbons (Fsp3) is 0. The van der Waals surface area contributed by atoms with Gasteiger partial charge in [-0.05, 0) is 24.3 Å². The van der Waals surface area contributed by atoms with Gasteiger partial charge in [0.1, 0.15) is 5.75 Å². The molecule has 1 amide bonds. The van der Waals surface area contributed by atoms with Gasteiger partial charge in [0, 0.05) is 27.7 Å². The number of anilines is 1. The fourth-order valence-corrected chi connectivity index (χ4v) is 2.49. The second-order valence-electron chi connectivity index (χ2n) is 4.84. The highest BCUT2D eigenvalue weighted by molar-refractivity contribution is 9.10. The number of nitro benzene ring substituents is 1. The molecule has 0 fully saturated rings. The van der Waals surface area contributed by atoms with Gasteiger partial charge < -0.3 is 10.4 Å². The van der Waals surface area contributed by atoms with Crippen molar-refractivity contribution in [1.29, 1.82) is 0 Å². The number of carbonyl (C=O) groups excluding carboxylic acids is 1. The zero-order chi connectivity index (χ0) is 17.3. The average Bonchev–Trinajstić information content (AvgIpc) is 2.84. The molecule has 0 unspecified atom stereocenters. The fourth-order valence-electron chi connectivity index (χ4n) is 2.13. The van der Waals surface area contributed by atoms with Gasteiger partial charge >= 0.3 is 0 Å². The molecule has 0 radical (unpaired) electrons. The molecule has 1 heterocycles. The van der Waals surface area contributed by atoms with Crippen molar-refractivity contribution in [2.75, 3.05) is 5.32 Å². The average molecular weight is 389 g/mol. The second-order valence-corrected chi connectivity index (χ2v) is 5.75. The Labute approximate surface area is 143 Å². The molecule has 0 saturated heterocycles. The van der Waals surface area contributed by atoms with Crippen LogP contribution < -0.4 is 5.32 Å². The Balaban J connectivity index is 1.93. The predicted molar refractivity (Wildman–Crippen MR) is 91.7 cm³/mol. The number of nitro groups is 1. The van der Waals surface area contributed by atoms with Gasteiger partial charge in [-0.1, -0.05) is 15.9 Å². The summed E-state index contributed by atoms with van der Waals surface area (Å²) >= 11 is 3.32. The van der Waals surface area contributed by atoms with Crippen LogP contribution in [-0.2, 0) is 4.79 Å². The lowest BCUT2D eigenvalue weighted by Gasteiger charge is -1.98. The van der Waals surface area contributed by atoms with Crippen LogP contribution in [0.1, 0.15) is 11.1 Å². The molecule has 24 heavy (non-hydrogen) atoms. The maximum atomic E-state index is 11.9. The topological polar surface area (TPSA) is 117 Å². The van der Waals surface area contributed by atoms with Crippen molar-refractivity contribution in [3.8, 4) is 5.75 Å². The first kappa shape index (κ1) is 15.8. The first-order chi connectivity index (χ1) is 11.5. The monoisotopic (exact) mass is 388 g/mol. The lowest BCUT2D eigenvalue weighted by molar-refractivity contribution is -0.384. The largest absolute Gasteiger partial charge is 0.507 e. The van der Waals surface area contributed by atoms with Crippen molar-refractivity contribution in [3.05, 3.63) is 62.1 Å². The van der Waals surface area contributed by atoms with E-state index in [1.165, 1.54) is 12.1 Å². The summed E-state index contributed by atoms with van der Waals surface area (Å²) in [4.78, 5) is 22.1. The molecule has 1 aliphatic heterocycles. The Hall–Kier alpha value is -3.07. The number of fused-ring (bicyclic) bond motifs is 1. The van der Waals surface area contributed by atoms with Crippen molar-refractivity contribution >= 4 is 45.1 Å². The van der Waals surface area contributed by atoms with Gasteiger partial charge in [0.05, 0.1) is 16.8 Å². The number of benzene rings is 2. The predicted octanol–water partition coefficient (Wildman–Crippen LogP) is 2.84. The van der Waals surface area contributed by atoms with Gasteiger partial charge in [0.25, 0.3) is 11.6 Å². The highest BCUT2D eigenvalue weighted by Gasteiger charge is 2.26. The molecule has 0 spiro atoms. The molecule has 2 N–H and O–H groups in total. The van der Waals surface area contributed by atoms with Crippen molar-refractivity contribution in [1.82, 2.24) is 0 Å². The van der Waals surface area contributed by atoms with E-state index in [2.05, 4.69) is 31.4 Å². The van der Waals surface area contributed by atoms with Crippen LogP contribution in [0, 0.1) is 10.1 Å². The van der Waals surface area contributed by atoms with Crippen LogP contribution in [-0.4, -0.2) is 27.9 Å². The van der Waals surface area contributed by atoms with E-state index in [9.17, 15) is 20.0 Å². The molecule has 1 aliphatic rings. The number of phenols is 1. The number of nitrogens with one attached hydrogen (secondary N) is 1. The summed E-state index contributed by atoms with van der Waals surface area (Å²) in [5.74, 6) is -0.577. The minimum Gasteiger partial charge on any atom is -0.507 e. The van der Waals surface area contributed by atoms with Gasteiger partial charge in [-0.2, -0.15) is 5.10 Å². The van der Waals surface area contributed by atoms with E-state index in [0.717, 1.165) is 16.8 Å². The van der Waals surface area contributed by atoms with Crippen molar-refractivity contribution < 1.29 is 14.8 Å². The van der Waals surface area contributed by atoms with Gasteiger partial charge in [-0.15, -0.1) is 5.10 Å². The quantitative estimate of drug-likeness (QED) is 0.477. The van der Waals surface area contributed by atoms with E-state index in [4.69, 9.17) is 0 Å². The number of amides is 1. The Bertz CT molecular complexity index is 924. The van der Waals surface area contributed by atoms with E-state index in [1.54, 1.807) is 18.2 Å². The van der Waals surface area contributed by atoms with Crippen LogP contribution in [0.2, 0.25) is 0 Å². The van der Waals surface area contributed by atoms with Crippen molar-refractivity contribution in [2.45, 2.75) is 0 Å². The summed E-state index contributed by atoms with van der Waals surface area (Å²) in [7, 11) is 0. The molecule has 2 aromatic carbocycles. The SMILES string of the molecule is O=C1Nc2ccc(Br)cc2/C1=N/N=C/c1cc([N+](=O)[O-])ccc1O. The number of carbonyl (C=O) groups is 1. The molecule has 3 rings (SSSR count). The van der Waals surface area contributed by atoms with E-state index < -0.39 is 10.8 Å². The number of phenolic OH excluding ortho intramolecular Hbond substituents is 1. The number of non-ortho nitro benzene ring substituents is 1. The maximum Gasteiger partial charge on any atom is 0.276 e. The number of hydrogen-bond acceptors (Lipinski definition) is 6. The Morgan fingerprint density at radius 3 is 2.79 bits per heavy atom. The molecular weight excluding hydrogens is 380 g/mol. The number of aromatic hydroxyl groups is 1. The highest BCUT2D eigenvalue weighted by atomic mass is 79.9. The van der Waals surface area contributed by atoms with E-state index in [1.807, 2.05) is 0 Å². The zero-order valence-corrected chi connectivity index (χ0v) is 13.5. The standard InChI is InChI=1S/C15H9BrN4O4/c16-9-1-3-12-11(6-9)14(15(22)18-12)19-17-7-8-5-10(20(23)24)2-4-13(8)21/h1-7,21H,(H,18,19,22)/b17-7+. The third-order valence-corrected chi connectivity index (χ3v) is 3.77. The third kappa shape index (κ3) is 3.01. The van der Waals surface area contributed by atoms with Crippen LogP contribution in [0.5, 0.6) is 5.75 Å². The number of halogens is 1. The number of nitrogens with zero attached hydrogens (tertiary/aromatic N) is 3. The van der Waals surface area contributed by atoms with Crippen LogP contribution >= 0.6 is 15.9 Å². The van der Waals surface area contributed by atoms with Crippen LogP contribution in [0.15, 0.2) is 51.1 Å². The summed E-state index contributed by atoms with van der Waals surface area (Å²) in [5.41, 5.74) is 1.27. The van der Waals surface area contributed by atoms with Gasteiger partial charge in [0.15, 0.2) is 5.71 Å². The highest BCUT2D eigenvalue weighted by Crippen LogP contribution is 2.27. The lowest BCUT2D eigenvalue weighted by Crippen LogP contribution is -2.13. The Kier molecular flexibility index (Phi) is 4.09. The smallest absolute Gasteiger partial charge is 0.276 e. The zero-order valence-electron chi connectivity index (χ0n) is 11.9. The minimum absolute atomic E-state index is 0.118. The second kappa shape index (κ2) is 6.20. The van der Waals surface area contributed by atoms with Crippen molar-refractivity contribution in [2.24, 2.45) is 10.2 Å². The lowest BCUT2D eigenvalue weighted by atomic mass is 10.1. The maximum absolute atomic E-state index is 11.9. The molecule has 0 atom stereocenters. The van der Waals surface area contributed by atoms with Gasteiger partial charge in [-0.25, -0.2) is 0 Å². The van der Waals surface area contributed by atoms with E-state index in [-0.39, 0.29) is 22.7 Å². The summed E-state index contributed by atoms with van der Waals surface area (Å²) in [6.07, 6.45) is 1.15. The normalized spacial score (nSPS) is 14.9. The first-order valence-corrected chi connectivity index (χ1v) is 7.45. The molecule has 9 heteroatoms. The number of hydrogen-bond donors (Lipinski definition) is 2. The Morgan fingerprint density at radius 1 is 1.25 bits per heavy atom. The molecule has 8 nitrogen and oxygen atoms in total. The van der Waals surface area contributed by atoms with Crippen LogP contribution in [0.25, 0.3) is 0 Å². The molecule has 0 aromatic heterocycles. The molecule has 0 bridgehead atoms. The van der Waals surface area contributed by atoms with E-state index >= 15 is 0 Å². The van der Waals surface area contributed by atoms with Gasteiger partial charge in [0.2, 0.25) is 0 Å². The summed E-state index contributed by atoms with van der Waals surface area (Å²) in [5, 5.41) is 30.8. The van der Waals surface area contributed by atoms with Crippen molar-refractivity contribution in [3.63, 3.8) is 0 Å². The Morgan fingerprint density at radius 2 is 2.04 bits per heavy atom. The summed E-state index contributed by atoms with van der Waals surface area (Å²) in [6.45, 7) is 0. The summed E-state index contributed by atoms with van der Waals surface area (Å²) in [6, 6.07) is 8.78. The van der Waals surface area contributed by atoms with Gasteiger partial charge in [-0.3, -0.25) is 14.9 Å². The van der Waals surface area contributed by atoms with Crippen LogP contribution in [0.3, 0.4) is 0 Å². The first-order valence-electron chi connectivity index (χ1n) is 6.65. The minimum atomic E-state index is -0.582. The third-order valence-electron chi connectivity index (χ3n) is 3.28. The molecule has 120 valence electrons. The van der Waals surface area contributed by atoms with E-state index in [0.29, 0.717) is 11.3 Å². The molecular formula is C15H9BrN4O4. The molecule has 2 aromatic rings. The van der Waals surface area contributed by atoms with Crippen LogP contribution in [0.4, 0.5) is 11.4 Å². The molecule has 0 saturated carbocycles.